The zero-order valence-corrected chi connectivity index (χ0v) is 9.35. The van der Waals surface area contributed by atoms with Gasteiger partial charge in [-0.2, -0.15) is 0 Å². The Bertz CT molecular complexity index is 206. The lowest BCUT2D eigenvalue weighted by atomic mass is 11.0. The molecule has 0 aromatic carbocycles. The number of sulfonamides is 1. The zero-order valence-electron chi connectivity index (χ0n) is 6.26. The molecule has 0 spiro atoms. The molecule has 76 valence electrons. The van der Waals surface area contributed by atoms with Gasteiger partial charge in [-0.15, -0.1) is 0 Å². The van der Waals surface area contributed by atoms with Crippen LogP contribution in [0, 0.1) is 0 Å². The lowest BCUT2D eigenvalue weighted by Crippen LogP contribution is -2.27. The molecule has 0 radical (unpaired) electrons. The van der Waals surface area contributed by atoms with E-state index in [0.29, 0.717) is 0 Å². The maximum atomic E-state index is 10.0. The first-order chi connectivity index (χ1) is 4.75. The molecular formula is C4H11Cl3N2O2S. The molecule has 0 amide bonds. The van der Waals surface area contributed by atoms with Crippen LogP contribution in [-0.2, 0) is 10.0 Å². The van der Waals surface area contributed by atoms with Crippen LogP contribution in [0.1, 0.15) is 19.3 Å². The summed E-state index contributed by atoms with van der Waals surface area (Å²) in [5, 5.41) is 4.39. The third-order valence-corrected chi connectivity index (χ3v) is 3.26. The summed E-state index contributed by atoms with van der Waals surface area (Å²) in [7, 11) is -4.04. The Hall–Kier alpha value is 0.740. The Labute approximate surface area is 87.0 Å². The van der Waals surface area contributed by atoms with Gasteiger partial charge in [0, 0.05) is 0 Å². The quantitative estimate of drug-likeness (QED) is 0.649. The third-order valence-electron chi connectivity index (χ3n) is 0.676. The summed E-state index contributed by atoms with van der Waals surface area (Å²) in [5.41, 5.74) is 0. The van der Waals surface area contributed by atoms with Crippen LogP contribution in [0.25, 0.3) is 0 Å². The molecule has 1 rings (SSSR count). The summed E-state index contributed by atoms with van der Waals surface area (Å²) < 4.78 is 17.7. The molecule has 0 aromatic rings. The number of halogens is 3. The smallest absolute Gasteiger partial charge is 0.306 e. The summed E-state index contributed by atoms with van der Waals surface area (Å²) in [6, 6.07) is 0. The Morgan fingerprint density at radius 3 is 1.25 bits per heavy atom. The summed E-state index contributed by atoms with van der Waals surface area (Å²) in [5.74, 6) is 0. The van der Waals surface area contributed by atoms with Crippen LogP contribution in [0.4, 0.5) is 0 Å². The molecule has 1 aliphatic rings. The highest BCUT2D eigenvalue weighted by Crippen LogP contribution is 2.29. The van der Waals surface area contributed by atoms with E-state index in [0.717, 1.165) is 0 Å². The molecule has 0 aliphatic heterocycles. The molecule has 1 saturated carbocycles. The number of rotatable bonds is 0. The fourth-order valence-corrected chi connectivity index (χ4v) is 0. The van der Waals surface area contributed by atoms with E-state index in [2.05, 4.69) is 5.14 Å². The largest absolute Gasteiger partial charge is 0.344 e. The SMILES string of the molecule is C1CC1.N.NS(=O)(=O)C(Cl)(Cl)Cl. The zero-order chi connectivity index (χ0) is 9.12. The highest BCUT2D eigenvalue weighted by Gasteiger charge is 2.34. The van der Waals surface area contributed by atoms with Crippen molar-refractivity contribution in [1.29, 1.82) is 0 Å². The number of nitrogens with two attached hydrogens (primary N) is 1. The summed E-state index contributed by atoms with van der Waals surface area (Å²) in [6.07, 6.45) is 4.50. The second-order valence-corrected chi connectivity index (χ2v) is 6.71. The van der Waals surface area contributed by atoms with Gasteiger partial charge in [0.15, 0.2) is 0 Å². The van der Waals surface area contributed by atoms with Crippen LogP contribution in [0.2, 0.25) is 0 Å². The minimum atomic E-state index is -4.04. The summed E-state index contributed by atoms with van der Waals surface area (Å²) in [4.78, 5) is 0. The minimum Gasteiger partial charge on any atom is -0.344 e. The van der Waals surface area contributed by atoms with E-state index in [1.54, 1.807) is 0 Å². The van der Waals surface area contributed by atoms with Gasteiger partial charge in [0.05, 0.1) is 0 Å². The van der Waals surface area contributed by atoms with Gasteiger partial charge in [-0.25, -0.2) is 13.6 Å². The molecule has 12 heavy (non-hydrogen) atoms. The van der Waals surface area contributed by atoms with Crippen molar-refractivity contribution >= 4 is 44.8 Å². The van der Waals surface area contributed by atoms with E-state index < -0.39 is 13.1 Å². The fraction of sp³-hybridized carbons (Fsp3) is 1.00. The standard InChI is InChI=1S/C3H6.CH2Cl3NO2S.H3N/c1-2-3-1;2-1(3,4)8(5,6)7;/h1-3H2;(H2,5,6,7);1H3. The molecule has 1 aliphatic carbocycles. The predicted molar refractivity (Wildman–Crippen MR) is 52.3 cm³/mol. The van der Waals surface area contributed by atoms with Crippen LogP contribution < -0.4 is 11.3 Å². The first kappa shape index (κ1) is 15.2. The average Bonchev–Trinajstić information content (AvgIpc) is 2.37. The van der Waals surface area contributed by atoms with Crippen molar-refractivity contribution < 1.29 is 8.42 Å². The summed E-state index contributed by atoms with van der Waals surface area (Å²) >= 11 is 14.5. The first-order valence-corrected chi connectivity index (χ1v) is 5.52. The van der Waals surface area contributed by atoms with Crippen molar-refractivity contribution in [3.05, 3.63) is 0 Å². The first-order valence-electron chi connectivity index (χ1n) is 2.84. The summed E-state index contributed by atoms with van der Waals surface area (Å²) in [6.45, 7) is 0. The number of hydrogen-bond acceptors (Lipinski definition) is 3. The van der Waals surface area contributed by atoms with Crippen LogP contribution in [0.15, 0.2) is 0 Å². The molecule has 0 atom stereocenters. The van der Waals surface area contributed by atoms with Crippen molar-refractivity contribution in [2.24, 2.45) is 5.14 Å². The Balaban J connectivity index is 0. The van der Waals surface area contributed by atoms with Gasteiger partial charge in [0.25, 0.3) is 10.0 Å². The average molecular weight is 258 g/mol. The van der Waals surface area contributed by atoms with E-state index in [-0.39, 0.29) is 6.15 Å². The Kier molecular flexibility index (Phi) is 6.93. The van der Waals surface area contributed by atoms with Crippen molar-refractivity contribution in [1.82, 2.24) is 6.15 Å². The van der Waals surface area contributed by atoms with Crippen molar-refractivity contribution in [2.45, 2.75) is 22.4 Å². The normalized spacial score (nSPS) is 15.3. The third kappa shape index (κ3) is 8.83. The number of alkyl halides is 3. The molecule has 5 N–H and O–H groups in total. The van der Waals surface area contributed by atoms with Crippen molar-refractivity contribution in [2.75, 3.05) is 0 Å². The Morgan fingerprint density at radius 2 is 1.25 bits per heavy atom. The van der Waals surface area contributed by atoms with Crippen LogP contribution in [-0.4, -0.2) is 11.5 Å². The molecular weight excluding hydrogens is 246 g/mol. The van der Waals surface area contributed by atoms with E-state index in [1.807, 2.05) is 0 Å². The predicted octanol–water partition coefficient (Wildman–Crippen LogP) is 1.93. The number of hydrogen-bond donors (Lipinski definition) is 2. The van der Waals surface area contributed by atoms with E-state index in [1.165, 1.54) is 19.3 Å². The van der Waals surface area contributed by atoms with Crippen molar-refractivity contribution in [3.63, 3.8) is 0 Å². The maximum Gasteiger partial charge on any atom is 0.306 e. The van der Waals surface area contributed by atoms with Crippen LogP contribution in [0.3, 0.4) is 0 Å². The Morgan fingerprint density at radius 1 is 1.08 bits per heavy atom. The molecule has 0 saturated heterocycles. The lowest BCUT2D eigenvalue weighted by molar-refractivity contribution is 0.598. The topological polar surface area (TPSA) is 95.2 Å². The molecule has 0 bridgehead atoms. The second-order valence-electron chi connectivity index (χ2n) is 2.05. The van der Waals surface area contributed by atoms with E-state index >= 15 is 0 Å². The molecule has 8 heteroatoms. The molecule has 0 aromatic heterocycles. The fourth-order valence-electron chi connectivity index (χ4n) is 0. The van der Waals surface area contributed by atoms with Gasteiger partial charge in [0.2, 0.25) is 0 Å². The van der Waals surface area contributed by atoms with E-state index in [9.17, 15) is 8.42 Å². The van der Waals surface area contributed by atoms with Gasteiger partial charge < -0.3 is 6.15 Å². The highest BCUT2D eigenvalue weighted by molar-refractivity contribution is 7.95. The number of primary sulfonamides is 1. The lowest BCUT2D eigenvalue weighted by Gasteiger charge is -2.04. The van der Waals surface area contributed by atoms with Crippen LogP contribution in [0.5, 0.6) is 0 Å². The molecule has 0 unspecified atom stereocenters. The minimum absolute atomic E-state index is 0. The van der Waals surface area contributed by atoms with Gasteiger partial charge >= 0.3 is 3.12 Å². The van der Waals surface area contributed by atoms with Gasteiger partial charge in [-0.3, -0.25) is 0 Å². The monoisotopic (exact) mass is 256 g/mol. The highest BCUT2D eigenvalue weighted by atomic mass is 35.6. The van der Waals surface area contributed by atoms with E-state index in [4.69, 9.17) is 34.8 Å². The molecule has 0 heterocycles. The van der Waals surface area contributed by atoms with Crippen LogP contribution >= 0.6 is 34.8 Å². The second kappa shape index (κ2) is 5.47. The van der Waals surface area contributed by atoms with Gasteiger partial charge in [-0.1, -0.05) is 54.1 Å². The molecule has 1 fully saturated rings. The maximum absolute atomic E-state index is 10.0. The van der Waals surface area contributed by atoms with Gasteiger partial charge in [-0.05, 0) is 0 Å². The van der Waals surface area contributed by atoms with Gasteiger partial charge in [0.1, 0.15) is 0 Å². The van der Waals surface area contributed by atoms with Crippen molar-refractivity contribution in [3.8, 4) is 0 Å². The molecule has 4 nitrogen and oxygen atoms in total.